The second-order valence-electron chi connectivity index (χ2n) is 40.1. The van der Waals surface area contributed by atoms with E-state index in [-0.39, 0.29) is 27.7 Å². The lowest BCUT2D eigenvalue weighted by Gasteiger charge is -2.42. The van der Waals surface area contributed by atoms with Crippen LogP contribution in [0.25, 0.3) is 156 Å². The van der Waals surface area contributed by atoms with Gasteiger partial charge in [-0.25, -0.2) is 0 Å². The Balaban J connectivity index is 0.000000115. The summed E-state index contributed by atoms with van der Waals surface area (Å²) in [4.78, 5) is 0. The molecule has 5 nitrogen and oxygen atoms in total. The van der Waals surface area contributed by atoms with Crippen LogP contribution in [0.3, 0.4) is 0 Å². The number of furan rings is 1. The number of para-hydroxylation sites is 3. The van der Waals surface area contributed by atoms with Crippen molar-refractivity contribution in [1.29, 1.82) is 0 Å². The zero-order valence-electron chi connectivity index (χ0n) is 80.8. The highest BCUT2D eigenvalue weighted by Gasteiger charge is 2.49. The molecular formula is C144H109NO4S. The van der Waals surface area contributed by atoms with E-state index in [2.05, 4.69) is 508 Å². The summed E-state index contributed by atoms with van der Waals surface area (Å²) in [6.45, 7) is 0. The third kappa shape index (κ3) is 16.0. The van der Waals surface area contributed by atoms with Crippen LogP contribution in [0.4, 0.5) is 0 Å². The van der Waals surface area contributed by atoms with Crippen molar-refractivity contribution < 1.29 is 18.6 Å². The highest BCUT2D eigenvalue weighted by Crippen LogP contribution is 2.61. The van der Waals surface area contributed by atoms with Crippen molar-refractivity contribution >= 4 is 140 Å². The fourth-order valence-corrected chi connectivity index (χ4v) is 26.4. The number of hydrogen-bond acceptors (Lipinski definition) is 5. The molecule has 6 heterocycles. The monoisotopic (exact) mass is 1950 g/mol. The van der Waals surface area contributed by atoms with Crippen LogP contribution in [0, 0.1) is 0 Å². The van der Waals surface area contributed by atoms with Gasteiger partial charge in [-0.05, 0) is 250 Å². The Bertz CT molecular complexity index is 9160. The average molecular weight is 1950 g/mol. The minimum absolute atomic E-state index is 0. The van der Waals surface area contributed by atoms with Crippen molar-refractivity contribution in [2.75, 3.05) is 0 Å². The summed E-state index contributed by atoms with van der Waals surface area (Å²) in [6, 6.07) is 188. The van der Waals surface area contributed by atoms with Crippen LogP contribution in [0.1, 0.15) is 89.0 Å². The van der Waals surface area contributed by atoms with Gasteiger partial charge in [-0.1, -0.05) is 447 Å². The second kappa shape index (κ2) is 38.5. The van der Waals surface area contributed by atoms with Gasteiger partial charge in [0.15, 0.2) is 0 Å². The summed E-state index contributed by atoms with van der Waals surface area (Å²) in [6.07, 6.45) is 5.00. The SMILES string of the molecule is C.C.C.c1ccc(CC2(Cc3ccc(-c4ccc5c(c4)oc4ccccc45)cc3)c3c(ccc4ccccc34)Oc3ccc4ccccc4c32)cc1.c1ccc(CC2(Cc3ccc(-c4ccc5c(c4)sc4ccccc45)cc3)c3c(ccc4ccccc34)Oc3ccc4ccccc4c32)cc1.c1ccc(CC2(Cc3ccc(-n4c5ccccc5c5ccccc54)cc3)c3c(ccc4ccccc34)Oc3ccc4ccccc4c32)cc1. The number of hydrogen-bond donors (Lipinski definition) is 0. The molecule has 720 valence electrons. The standard InChI is InChI=1S/C47H33NO.C47H32O2.C47H32OS.3CH4/c1-2-12-32(13-3-1)30-47(31-33-22-26-36(27-23-33)48-41-20-10-8-18-39(41)40-19-9-11-21-42(40)48)45-37-16-6-4-14-34(37)24-28-43(45)49-44-29-25-35-15-5-7-17-38(35)46(44)47;1-2-10-31(11-3-1)29-47(30-32-18-20-33(21-19-32)36-22-25-40-39-16-8-9-17-41(39)48-44(40)28-36)45-37-14-6-4-12-34(37)23-26-42(45)49-43-27-24-35-13-5-7-15-38(35)46(43)47;1-2-10-31(11-3-1)29-47(30-32-18-20-33(21-19-32)36-22-25-40-39-16-8-9-17-43(39)49-44(40)28-36)45-37-14-6-4-12-34(37)23-26-41(45)48-42-27-24-35-13-5-7-15-38(35)46(42)47;;;/h1-29H,30-31H2;2*1-28H,29-30H2;3*1H4. The number of nitrogens with zero attached hydrogens (tertiary/aromatic N) is 1. The molecule has 0 atom stereocenters. The molecule has 0 amide bonds. The smallest absolute Gasteiger partial charge is 0.136 e. The summed E-state index contributed by atoms with van der Waals surface area (Å²) < 4.78 is 31.9. The maximum absolute atomic E-state index is 6.87. The quantitative estimate of drug-likeness (QED) is 0.103. The molecule has 3 aliphatic heterocycles. The summed E-state index contributed by atoms with van der Waals surface area (Å²) in [5.74, 6) is 5.66. The maximum Gasteiger partial charge on any atom is 0.136 e. The van der Waals surface area contributed by atoms with Crippen LogP contribution in [-0.4, -0.2) is 4.57 Å². The first-order chi connectivity index (χ1) is 72.7. The molecule has 150 heavy (non-hydrogen) atoms. The van der Waals surface area contributed by atoms with E-state index in [1.54, 1.807) is 0 Å². The van der Waals surface area contributed by atoms with Gasteiger partial charge in [0.25, 0.3) is 0 Å². The molecule has 0 saturated carbocycles. The Morgan fingerprint density at radius 3 is 0.787 bits per heavy atom. The molecule has 6 heteroatoms. The highest BCUT2D eigenvalue weighted by molar-refractivity contribution is 7.25. The molecule has 0 radical (unpaired) electrons. The van der Waals surface area contributed by atoms with Gasteiger partial charge >= 0.3 is 0 Å². The maximum atomic E-state index is 6.87. The van der Waals surface area contributed by atoms with Crippen LogP contribution in [-0.2, 0) is 54.8 Å². The second-order valence-corrected chi connectivity index (χ2v) is 41.2. The molecule has 30 rings (SSSR count). The van der Waals surface area contributed by atoms with Gasteiger partial charge in [0.2, 0.25) is 0 Å². The summed E-state index contributed by atoms with van der Waals surface area (Å²) >= 11 is 1.87. The molecular weight excluding hydrogens is 1840 g/mol. The van der Waals surface area contributed by atoms with E-state index < -0.39 is 10.8 Å². The van der Waals surface area contributed by atoms with Crippen LogP contribution >= 0.6 is 11.3 Å². The van der Waals surface area contributed by atoms with E-state index in [1.165, 1.54) is 196 Å². The van der Waals surface area contributed by atoms with Gasteiger partial charge < -0.3 is 23.2 Å². The molecule has 0 saturated heterocycles. The molecule has 27 aromatic rings. The third-order valence-electron chi connectivity index (χ3n) is 31.5. The minimum Gasteiger partial charge on any atom is -0.457 e. The molecule has 3 aromatic heterocycles. The van der Waals surface area contributed by atoms with Crippen LogP contribution < -0.4 is 14.2 Å². The lowest BCUT2D eigenvalue weighted by molar-refractivity contribution is 0.391. The van der Waals surface area contributed by atoms with Crippen molar-refractivity contribution in [2.24, 2.45) is 0 Å². The van der Waals surface area contributed by atoms with Crippen molar-refractivity contribution in [1.82, 2.24) is 4.57 Å². The first-order valence-corrected chi connectivity index (χ1v) is 51.9. The van der Waals surface area contributed by atoms with E-state index >= 15 is 0 Å². The molecule has 3 aliphatic rings. The zero-order chi connectivity index (χ0) is 97.1. The number of benzene rings is 24. The normalized spacial score (nSPS) is 13.1. The van der Waals surface area contributed by atoms with E-state index in [4.69, 9.17) is 18.6 Å². The predicted molar refractivity (Wildman–Crippen MR) is 633 cm³/mol. The molecule has 0 fully saturated rings. The summed E-state index contributed by atoms with van der Waals surface area (Å²) in [7, 11) is 0. The average Bonchev–Trinajstić information content (AvgIpc) is 0.875. The minimum atomic E-state index is -0.402. The van der Waals surface area contributed by atoms with E-state index in [1.807, 2.05) is 23.5 Å². The topological polar surface area (TPSA) is 45.8 Å². The first-order valence-electron chi connectivity index (χ1n) is 51.1. The third-order valence-corrected chi connectivity index (χ3v) is 32.7. The van der Waals surface area contributed by atoms with Gasteiger partial charge in [0, 0.05) is 97.0 Å². The van der Waals surface area contributed by atoms with Gasteiger partial charge in [0.05, 0.1) is 11.0 Å². The number of rotatable bonds is 15. The van der Waals surface area contributed by atoms with Crippen LogP contribution in [0.5, 0.6) is 34.5 Å². The molecule has 0 aliphatic carbocycles. The van der Waals surface area contributed by atoms with E-state index in [0.29, 0.717) is 0 Å². The van der Waals surface area contributed by atoms with Crippen molar-refractivity contribution in [2.45, 2.75) is 77.0 Å². The zero-order valence-corrected chi connectivity index (χ0v) is 81.6. The van der Waals surface area contributed by atoms with Crippen molar-refractivity contribution in [3.05, 3.63) is 582 Å². The first kappa shape index (κ1) is 93.1. The molecule has 0 bridgehead atoms. The fourth-order valence-electron chi connectivity index (χ4n) is 25.2. The van der Waals surface area contributed by atoms with E-state index in [9.17, 15) is 0 Å². The molecule has 24 aromatic carbocycles. The number of ether oxygens (including phenoxy) is 3. The Hall–Kier alpha value is -17.9. The lowest BCUT2D eigenvalue weighted by atomic mass is 9.63. The van der Waals surface area contributed by atoms with Crippen molar-refractivity contribution in [3.63, 3.8) is 0 Å². The predicted octanol–water partition coefficient (Wildman–Crippen LogP) is 39.2. The summed E-state index contributed by atoms with van der Waals surface area (Å²) in [5, 5.41) is 22.4. The number of aromatic nitrogens is 1. The number of fused-ring (bicyclic) bond motifs is 27. The van der Waals surface area contributed by atoms with E-state index in [0.717, 1.165) is 101 Å². The van der Waals surface area contributed by atoms with Gasteiger partial charge in [-0.3, -0.25) is 0 Å². The summed E-state index contributed by atoms with van der Waals surface area (Å²) in [5.41, 5.74) is 24.5. The van der Waals surface area contributed by atoms with Gasteiger partial charge in [0.1, 0.15) is 45.7 Å². The molecule has 0 spiro atoms. The largest absolute Gasteiger partial charge is 0.457 e. The Morgan fingerprint density at radius 2 is 0.433 bits per heavy atom. The fraction of sp³-hybridized carbons (Fsp3) is 0.0833. The van der Waals surface area contributed by atoms with Gasteiger partial charge in [-0.2, -0.15) is 0 Å². The lowest BCUT2D eigenvalue weighted by Crippen LogP contribution is -2.37. The Morgan fingerprint density at radius 1 is 0.180 bits per heavy atom. The molecule has 0 N–H and O–H groups in total. The Kier molecular flexibility index (Phi) is 23.9. The van der Waals surface area contributed by atoms with Crippen LogP contribution in [0.2, 0.25) is 0 Å². The van der Waals surface area contributed by atoms with Gasteiger partial charge in [-0.15, -0.1) is 11.3 Å². The number of thiophene rings is 1. The van der Waals surface area contributed by atoms with Crippen LogP contribution in [0.15, 0.2) is 520 Å². The highest BCUT2D eigenvalue weighted by atomic mass is 32.1. The van der Waals surface area contributed by atoms with Crippen molar-refractivity contribution in [3.8, 4) is 62.4 Å². The Labute approximate surface area is 878 Å². The molecule has 0 unspecified atom stereocenters.